The summed E-state index contributed by atoms with van der Waals surface area (Å²) in [6.07, 6.45) is 0.672. The molecule has 0 aromatic heterocycles. The second kappa shape index (κ2) is 11.0. The van der Waals surface area contributed by atoms with E-state index in [1.807, 2.05) is 30.3 Å². The van der Waals surface area contributed by atoms with Crippen molar-refractivity contribution >= 4 is 29.1 Å². The summed E-state index contributed by atoms with van der Waals surface area (Å²) in [6.45, 7) is 0.483. The summed E-state index contributed by atoms with van der Waals surface area (Å²) in [6, 6.07) is 16.5. The Balaban J connectivity index is 1.86. The highest BCUT2D eigenvalue weighted by atomic mass is 32.0. The molecule has 0 radical (unpaired) electrons. The summed E-state index contributed by atoms with van der Waals surface area (Å²) < 4.78 is 10.5. The maximum absolute atomic E-state index is 12.3. The van der Waals surface area contributed by atoms with Gasteiger partial charge in [-0.1, -0.05) is 39.3 Å². The number of ether oxygens (including phenoxy) is 2. The number of rotatable bonds is 10. The molecule has 0 aliphatic heterocycles. The highest BCUT2D eigenvalue weighted by molar-refractivity contribution is 8.01. The first-order valence-electron chi connectivity index (χ1n) is 8.23. The lowest BCUT2D eigenvalue weighted by molar-refractivity contribution is -0.142. The lowest BCUT2D eigenvalue weighted by Gasteiger charge is -2.14. The van der Waals surface area contributed by atoms with E-state index in [1.165, 1.54) is 7.11 Å². The SMILES string of the molecule is COC(=O)[C@H](CCC(=O)c1ccc(OCc2ccccc2)cc1)NPP. The average Bonchev–Trinajstić information content (AvgIpc) is 2.70. The summed E-state index contributed by atoms with van der Waals surface area (Å²) in [7, 11) is 4.19. The van der Waals surface area contributed by atoms with Crippen LogP contribution in [-0.2, 0) is 16.1 Å². The first kappa shape index (κ1) is 20.5. The molecule has 5 nitrogen and oxygen atoms in total. The molecule has 138 valence electrons. The quantitative estimate of drug-likeness (QED) is 0.380. The molecule has 2 unspecified atom stereocenters. The van der Waals surface area contributed by atoms with Gasteiger partial charge in [-0.15, -0.1) is 0 Å². The molecule has 0 fully saturated rings. The second-order valence-electron chi connectivity index (χ2n) is 5.62. The van der Waals surface area contributed by atoms with Gasteiger partial charge in [-0.2, -0.15) is 0 Å². The molecular formula is C19H23NO4P2. The fourth-order valence-corrected chi connectivity index (χ4v) is 3.46. The minimum Gasteiger partial charge on any atom is -0.489 e. The number of hydrogen-bond acceptors (Lipinski definition) is 5. The summed E-state index contributed by atoms with van der Waals surface area (Å²) in [5.74, 6) is 0.350. The Kier molecular flexibility index (Phi) is 8.70. The van der Waals surface area contributed by atoms with Crippen molar-refractivity contribution < 1.29 is 19.1 Å². The predicted molar refractivity (Wildman–Crippen MR) is 108 cm³/mol. The van der Waals surface area contributed by atoms with Gasteiger partial charge in [0.05, 0.1) is 7.11 Å². The van der Waals surface area contributed by atoms with Gasteiger partial charge in [0.15, 0.2) is 5.78 Å². The number of carbonyl (C=O) groups excluding carboxylic acids is 2. The first-order chi connectivity index (χ1) is 12.6. The van der Waals surface area contributed by atoms with Gasteiger partial charge in [0.25, 0.3) is 0 Å². The van der Waals surface area contributed by atoms with Crippen LogP contribution in [0.25, 0.3) is 0 Å². The van der Waals surface area contributed by atoms with E-state index in [9.17, 15) is 9.59 Å². The largest absolute Gasteiger partial charge is 0.489 e. The Hall–Kier alpha value is -1.80. The highest BCUT2D eigenvalue weighted by Crippen LogP contribution is 2.19. The zero-order valence-corrected chi connectivity index (χ0v) is 16.8. The molecule has 1 N–H and O–H groups in total. The third-order valence-electron chi connectivity index (χ3n) is 3.83. The molecule has 0 bridgehead atoms. The lowest BCUT2D eigenvalue weighted by atomic mass is 10.0. The molecule has 2 rings (SSSR count). The summed E-state index contributed by atoms with van der Waals surface area (Å²) in [5, 5.41) is 3.03. The number of ketones is 1. The second-order valence-corrected chi connectivity index (χ2v) is 7.07. The number of benzene rings is 2. The van der Waals surface area contributed by atoms with E-state index in [0.29, 0.717) is 32.8 Å². The molecule has 2 aromatic carbocycles. The Labute approximate surface area is 157 Å². The van der Waals surface area contributed by atoms with Crippen LogP contribution in [0.4, 0.5) is 0 Å². The Morgan fingerprint density at radius 2 is 1.81 bits per heavy atom. The van der Waals surface area contributed by atoms with Gasteiger partial charge in [-0.25, -0.2) is 0 Å². The van der Waals surface area contributed by atoms with Crippen LogP contribution in [0.15, 0.2) is 54.6 Å². The molecule has 0 heterocycles. The molecule has 0 aliphatic carbocycles. The van der Waals surface area contributed by atoms with Crippen molar-refractivity contribution in [3.8, 4) is 5.75 Å². The monoisotopic (exact) mass is 391 g/mol. The van der Waals surface area contributed by atoms with E-state index in [1.54, 1.807) is 24.3 Å². The van der Waals surface area contributed by atoms with Gasteiger partial charge in [0.2, 0.25) is 0 Å². The van der Waals surface area contributed by atoms with E-state index < -0.39 is 6.04 Å². The predicted octanol–water partition coefficient (Wildman–Crippen LogP) is 3.74. The number of esters is 1. The third kappa shape index (κ3) is 6.49. The van der Waals surface area contributed by atoms with Crippen LogP contribution in [0.3, 0.4) is 0 Å². The molecule has 0 saturated heterocycles. The van der Waals surface area contributed by atoms with Gasteiger partial charge in [0, 0.05) is 12.0 Å². The third-order valence-corrected chi connectivity index (χ3v) is 4.84. The van der Waals surface area contributed by atoms with E-state index in [4.69, 9.17) is 9.47 Å². The maximum atomic E-state index is 12.3. The van der Waals surface area contributed by atoms with Crippen molar-refractivity contribution in [2.75, 3.05) is 7.11 Å². The van der Waals surface area contributed by atoms with Gasteiger partial charge in [0.1, 0.15) is 18.4 Å². The summed E-state index contributed by atoms with van der Waals surface area (Å²) >= 11 is 0. The van der Waals surface area contributed by atoms with E-state index in [-0.39, 0.29) is 18.2 Å². The molecule has 7 heteroatoms. The fraction of sp³-hybridized carbons (Fsp3) is 0.263. The fourth-order valence-electron chi connectivity index (χ4n) is 2.39. The van der Waals surface area contributed by atoms with Crippen LogP contribution in [-0.4, -0.2) is 24.9 Å². The van der Waals surface area contributed by atoms with Crippen LogP contribution in [0.2, 0.25) is 0 Å². The summed E-state index contributed by atoms with van der Waals surface area (Å²) in [5.41, 5.74) is 1.69. The normalized spacial score (nSPS) is 12.1. The molecule has 0 spiro atoms. The van der Waals surface area contributed by atoms with Gasteiger partial charge in [-0.3, -0.25) is 14.7 Å². The molecule has 0 saturated carbocycles. The van der Waals surface area contributed by atoms with Gasteiger partial charge >= 0.3 is 5.97 Å². The van der Waals surface area contributed by atoms with Gasteiger partial charge < -0.3 is 9.47 Å². The van der Waals surface area contributed by atoms with E-state index in [2.05, 4.69) is 14.0 Å². The molecule has 0 amide bonds. The molecule has 2 aromatic rings. The number of nitrogens with one attached hydrogen (secondary N) is 1. The zero-order valence-electron chi connectivity index (χ0n) is 14.6. The Morgan fingerprint density at radius 1 is 1.12 bits per heavy atom. The van der Waals surface area contributed by atoms with Gasteiger partial charge in [-0.05, 0) is 44.7 Å². The van der Waals surface area contributed by atoms with Crippen molar-refractivity contribution in [2.45, 2.75) is 25.5 Å². The Bertz CT molecular complexity index is 707. The minimum atomic E-state index is -0.465. The first-order valence-corrected chi connectivity index (χ1v) is 11.0. The molecule has 0 aliphatic rings. The number of methoxy groups -OCH3 is 1. The number of carbonyl (C=O) groups is 2. The van der Waals surface area contributed by atoms with Crippen molar-refractivity contribution in [3.63, 3.8) is 0 Å². The molecular weight excluding hydrogens is 368 g/mol. The minimum absolute atomic E-state index is 0.0117. The topological polar surface area (TPSA) is 64.6 Å². The Morgan fingerprint density at radius 3 is 2.42 bits per heavy atom. The maximum Gasteiger partial charge on any atom is 0.323 e. The van der Waals surface area contributed by atoms with Crippen LogP contribution >= 0.6 is 17.3 Å². The lowest BCUT2D eigenvalue weighted by Crippen LogP contribution is -2.32. The smallest absolute Gasteiger partial charge is 0.323 e. The molecule has 3 atom stereocenters. The van der Waals surface area contributed by atoms with Crippen LogP contribution < -0.4 is 9.82 Å². The van der Waals surface area contributed by atoms with Crippen LogP contribution in [0, 0.1) is 0 Å². The number of hydrogen-bond donors (Lipinski definition) is 1. The summed E-state index contributed by atoms with van der Waals surface area (Å²) in [4.78, 5) is 24.0. The standard InChI is InChI=1S/C19H23NO4P2/c1-23-19(22)17(20-26-25)11-12-18(21)15-7-9-16(10-8-15)24-13-14-5-3-2-4-6-14/h2-10,17,20,26H,11-13,25H2,1H3/t17-/m0/s1. The zero-order chi connectivity index (χ0) is 18.8. The van der Waals surface area contributed by atoms with E-state index in [0.717, 1.165) is 5.56 Å². The van der Waals surface area contributed by atoms with Crippen molar-refractivity contribution in [2.24, 2.45) is 0 Å². The van der Waals surface area contributed by atoms with Crippen molar-refractivity contribution in [1.82, 2.24) is 5.09 Å². The van der Waals surface area contributed by atoms with Crippen molar-refractivity contribution in [1.29, 1.82) is 0 Å². The van der Waals surface area contributed by atoms with Crippen LogP contribution in [0.5, 0.6) is 5.75 Å². The molecule has 26 heavy (non-hydrogen) atoms. The van der Waals surface area contributed by atoms with Crippen LogP contribution in [0.1, 0.15) is 28.8 Å². The average molecular weight is 391 g/mol. The van der Waals surface area contributed by atoms with E-state index >= 15 is 0 Å². The van der Waals surface area contributed by atoms with Crippen molar-refractivity contribution in [3.05, 3.63) is 65.7 Å². The highest BCUT2D eigenvalue weighted by Gasteiger charge is 2.19. The number of Topliss-reactive ketones (excluding diaryl/α,β-unsaturated/α-hetero) is 1.